The van der Waals surface area contributed by atoms with Gasteiger partial charge in [0.25, 0.3) is 0 Å². The lowest BCUT2D eigenvalue weighted by molar-refractivity contribution is 0.104. The molecule has 1 heterocycles. The summed E-state index contributed by atoms with van der Waals surface area (Å²) in [5.41, 5.74) is 0.491. The van der Waals surface area contributed by atoms with Gasteiger partial charge in [-0.15, -0.1) is 0 Å². The number of aliphatic hydroxyl groups excluding tert-OH is 1. The minimum absolute atomic E-state index is 0.160. The molecule has 0 bridgehead atoms. The molecular weight excluding hydrogens is 281 g/mol. The Hall–Kier alpha value is -1.17. The van der Waals surface area contributed by atoms with E-state index >= 15 is 0 Å². The molecule has 0 spiro atoms. The zero-order valence-corrected chi connectivity index (χ0v) is 10.8. The highest BCUT2D eigenvalue weighted by Crippen LogP contribution is 2.32. The lowest BCUT2D eigenvalue weighted by Gasteiger charge is -2.14. The zero-order chi connectivity index (χ0) is 13.1. The number of alkyl carbamates (subject to hydrolysis) is 1. The molecule has 98 valence electrons. The van der Waals surface area contributed by atoms with E-state index < -0.39 is 6.09 Å². The second-order valence-corrected chi connectivity index (χ2v) is 4.60. The van der Waals surface area contributed by atoms with Crippen LogP contribution in [-0.2, 0) is 11.3 Å². The molecule has 18 heavy (non-hydrogen) atoms. The Balaban J connectivity index is 2.06. The van der Waals surface area contributed by atoms with Crippen LogP contribution in [0.2, 0.25) is 10.0 Å². The highest BCUT2D eigenvalue weighted by molar-refractivity contribution is 6.35. The number of benzene rings is 1. The summed E-state index contributed by atoms with van der Waals surface area (Å²) in [4.78, 5) is 10.8. The van der Waals surface area contributed by atoms with Crippen LogP contribution in [0.4, 0.5) is 4.79 Å². The van der Waals surface area contributed by atoms with Gasteiger partial charge in [-0.1, -0.05) is 23.2 Å². The van der Waals surface area contributed by atoms with E-state index in [1.165, 1.54) is 6.07 Å². The molecule has 2 N–H and O–H groups in total. The number of nitrogens with one attached hydrogen (secondary N) is 1. The van der Waals surface area contributed by atoms with Gasteiger partial charge >= 0.3 is 6.09 Å². The van der Waals surface area contributed by atoms with Crippen molar-refractivity contribution in [1.29, 1.82) is 0 Å². The first-order valence-electron chi connectivity index (χ1n) is 5.26. The average molecular weight is 292 g/mol. The number of carbonyl (C=O) groups is 1. The first-order valence-corrected chi connectivity index (χ1v) is 6.02. The summed E-state index contributed by atoms with van der Waals surface area (Å²) >= 11 is 11.8. The topological polar surface area (TPSA) is 67.8 Å². The quantitative estimate of drug-likeness (QED) is 0.890. The van der Waals surface area contributed by atoms with Crippen LogP contribution < -0.4 is 10.1 Å². The maximum absolute atomic E-state index is 10.8. The molecule has 7 heteroatoms. The molecule has 5 nitrogen and oxygen atoms in total. The number of cyclic esters (lactones) is 1. The molecule has 1 aromatic carbocycles. The Morgan fingerprint density at radius 1 is 1.50 bits per heavy atom. The summed E-state index contributed by atoms with van der Waals surface area (Å²) in [6.07, 6.45) is -0.830. The van der Waals surface area contributed by atoms with Crippen molar-refractivity contribution in [3.05, 3.63) is 27.7 Å². The minimum atomic E-state index is -0.465. The smallest absolute Gasteiger partial charge is 0.407 e. The largest absolute Gasteiger partial charge is 0.488 e. The lowest BCUT2D eigenvalue weighted by atomic mass is 10.2. The molecule has 1 fully saturated rings. The van der Waals surface area contributed by atoms with Crippen LogP contribution in [0.5, 0.6) is 5.75 Å². The zero-order valence-electron chi connectivity index (χ0n) is 9.28. The highest BCUT2D eigenvalue weighted by Gasteiger charge is 2.23. The fraction of sp³-hybridized carbons (Fsp3) is 0.364. The number of hydrogen-bond acceptors (Lipinski definition) is 4. The van der Waals surface area contributed by atoms with Crippen molar-refractivity contribution in [2.75, 3.05) is 13.2 Å². The fourth-order valence-corrected chi connectivity index (χ4v) is 2.18. The van der Waals surface area contributed by atoms with E-state index in [2.05, 4.69) is 5.32 Å². The molecular formula is C11H11Cl2NO4. The second-order valence-electron chi connectivity index (χ2n) is 3.75. The first kappa shape index (κ1) is 13.3. The number of rotatable bonds is 4. The Morgan fingerprint density at radius 2 is 2.28 bits per heavy atom. The maximum Gasteiger partial charge on any atom is 0.407 e. The van der Waals surface area contributed by atoms with E-state index in [4.69, 9.17) is 32.7 Å². The molecule has 1 aliphatic heterocycles. The fourth-order valence-electron chi connectivity index (χ4n) is 1.59. The molecule has 1 atom stereocenters. The van der Waals surface area contributed by atoms with Gasteiger partial charge in [-0.3, -0.25) is 0 Å². The summed E-state index contributed by atoms with van der Waals surface area (Å²) < 4.78 is 10.4. The summed E-state index contributed by atoms with van der Waals surface area (Å²) in [6, 6.07) is 3.10. The second kappa shape index (κ2) is 5.65. The van der Waals surface area contributed by atoms with Crippen molar-refractivity contribution < 1.29 is 19.4 Å². The highest BCUT2D eigenvalue weighted by atomic mass is 35.5. The standard InChI is InChI=1S/C11H11Cl2NO4/c12-7-1-6(4-15)10(9(13)2-7)17-5-8-3-14-11(16)18-8/h1-2,8,15H,3-5H2,(H,14,16). The van der Waals surface area contributed by atoms with Gasteiger partial charge in [-0.05, 0) is 12.1 Å². The number of carbonyl (C=O) groups excluding carboxylic acids is 1. The molecule has 1 amide bonds. The van der Waals surface area contributed by atoms with Gasteiger partial charge in [0.2, 0.25) is 0 Å². The monoisotopic (exact) mass is 291 g/mol. The maximum atomic E-state index is 10.8. The van der Waals surface area contributed by atoms with E-state index in [-0.39, 0.29) is 19.3 Å². The Labute approximate surface area is 114 Å². The number of aliphatic hydroxyl groups is 1. The number of halogens is 2. The Morgan fingerprint density at radius 3 is 2.89 bits per heavy atom. The third-order valence-electron chi connectivity index (χ3n) is 2.42. The first-order chi connectivity index (χ1) is 8.60. The predicted octanol–water partition coefficient (Wildman–Crippen LogP) is 1.97. The van der Waals surface area contributed by atoms with Crippen molar-refractivity contribution in [3.8, 4) is 5.75 Å². The third-order valence-corrected chi connectivity index (χ3v) is 2.92. The van der Waals surface area contributed by atoms with E-state index in [9.17, 15) is 9.90 Å². The minimum Gasteiger partial charge on any atom is -0.488 e. The molecule has 1 saturated heterocycles. The van der Waals surface area contributed by atoms with E-state index in [0.717, 1.165) is 0 Å². The van der Waals surface area contributed by atoms with Gasteiger partial charge < -0.3 is 19.9 Å². The van der Waals surface area contributed by atoms with Crippen LogP contribution in [0.25, 0.3) is 0 Å². The molecule has 1 aliphatic rings. The SMILES string of the molecule is O=C1NCC(COc2c(Cl)cc(Cl)cc2CO)O1. The Kier molecular flexibility index (Phi) is 4.16. The summed E-state index contributed by atoms with van der Waals surface area (Å²) in [6.45, 7) is 0.309. The molecule has 2 rings (SSSR count). The van der Waals surface area contributed by atoms with Gasteiger partial charge in [0.15, 0.2) is 6.10 Å². The predicted molar refractivity (Wildman–Crippen MR) is 66.2 cm³/mol. The third kappa shape index (κ3) is 2.98. The van der Waals surface area contributed by atoms with E-state index in [1.54, 1.807) is 6.07 Å². The van der Waals surface area contributed by atoms with Crippen molar-refractivity contribution in [2.24, 2.45) is 0 Å². The van der Waals surface area contributed by atoms with Crippen molar-refractivity contribution in [3.63, 3.8) is 0 Å². The van der Waals surface area contributed by atoms with Gasteiger partial charge in [0, 0.05) is 10.6 Å². The van der Waals surface area contributed by atoms with Crippen LogP contribution in [0.3, 0.4) is 0 Å². The van der Waals surface area contributed by atoms with Crippen LogP contribution >= 0.6 is 23.2 Å². The molecule has 1 aromatic rings. The molecule has 0 aliphatic carbocycles. The van der Waals surface area contributed by atoms with Crippen molar-refractivity contribution in [2.45, 2.75) is 12.7 Å². The summed E-state index contributed by atoms with van der Waals surface area (Å²) in [5.74, 6) is 0.353. The number of hydrogen-bond donors (Lipinski definition) is 2. The molecule has 1 unspecified atom stereocenters. The Bertz CT molecular complexity index is 467. The van der Waals surface area contributed by atoms with Crippen molar-refractivity contribution >= 4 is 29.3 Å². The van der Waals surface area contributed by atoms with Gasteiger partial charge in [-0.2, -0.15) is 0 Å². The van der Waals surface area contributed by atoms with Gasteiger partial charge in [0.05, 0.1) is 18.2 Å². The summed E-state index contributed by atoms with van der Waals surface area (Å²) in [7, 11) is 0. The van der Waals surface area contributed by atoms with Crippen LogP contribution in [0.15, 0.2) is 12.1 Å². The van der Waals surface area contributed by atoms with Crippen LogP contribution in [0, 0.1) is 0 Å². The number of ether oxygens (including phenoxy) is 2. The van der Waals surface area contributed by atoms with Crippen LogP contribution in [0.1, 0.15) is 5.56 Å². The van der Waals surface area contributed by atoms with Crippen molar-refractivity contribution in [1.82, 2.24) is 5.32 Å². The van der Waals surface area contributed by atoms with E-state index in [0.29, 0.717) is 27.9 Å². The molecule has 0 saturated carbocycles. The average Bonchev–Trinajstić information content (AvgIpc) is 2.73. The molecule has 0 aromatic heterocycles. The summed E-state index contributed by atoms with van der Waals surface area (Å²) in [5, 5.41) is 12.5. The normalized spacial score (nSPS) is 18.4. The van der Waals surface area contributed by atoms with Gasteiger partial charge in [-0.25, -0.2) is 4.79 Å². The van der Waals surface area contributed by atoms with Gasteiger partial charge in [0.1, 0.15) is 12.4 Å². The van der Waals surface area contributed by atoms with Crippen LogP contribution in [-0.4, -0.2) is 30.5 Å². The molecule has 0 radical (unpaired) electrons. The van der Waals surface area contributed by atoms with E-state index in [1.807, 2.05) is 0 Å². The lowest BCUT2D eigenvalue weighted by Crippen LogP contribution is -2.22. The number of amides is 1.